The molecule has 3 rings (SSSR count). The molecule has 122 valence electrons. The first-order chi connectivity index (χ1) is 11.1. The van der Waals surface area contributed by atoms with E-state index in [-0.39, 0.29) is 0 Å². The van der Waals surface area contributed by atoms with Gasteiger partial charge in [0.05, 0.1) is 12.3 Å². The lowest BCUT2D eigenvalue weighted by atomic mass is 10.1. The number of benzene rings is 1. The summed E-state index contributed by atoms with van der Waals surface area (Å²) in [4.78, 5) is 19.6. The molecule has 0 bridgehead atoms. The van der Waals surface area contributed by atoms with E-state index in [1.807, 2.05) is 0 Å². The number of nitrogens with zero attached hydrogens (tertiary/aromatic N) is 2. The van der Waals surface area contributed by atoms with Crippen molar-refractivity contribution >= 4 is 22.6 Å². The molecule has 0 fully saturated rings. The van der Waals surface area contributed by atoms with Gasteiger partial charge in [-0.2, -0.15) is 0 Å². The van der Waals surface area contributed by atoms with Crippen LogP contribution in [0.25, 0.3) is 0 Å². The molecule has 5 nitrogen and oxygen atoms in total. The number of amides is 1. The van der Waals surface area contributed by atoms with E-state index in [4.69, 9.17) is 4.74 Å². The summed E-state index contributed by atoms with van der Waals surface area (Å²) in [6.07, 6.45) is 0.484. The molecule has 0 atom stereocenters. The average molecular weight is 331 g/mol. The van der Waals surface area contributed by atoms with E-state index in [9.17, 15) is 4.79 Å². The summed E-state index contributed by atoms with van der Waals surface area (Å²) in [5.41, 5.74) is 3.73. The summed E-state index contributed by atoms with van der Waals surface area (Å²) >= 11 is 1.54. The van der Waals surface area contributed by atoms with Gasteiger partial charge in [0.15, 0.2) is 5.13 Å². The minimum Gasteiger partial charge on any atom is -0.450 e. The van der Waals surface area contributed by atoms with E-state index in [1.165, 1.54) is 16.0 Å². The maximum Gasteiger partial charge on any atom is 0.413 e. The van der Waals surface area contributed by atoms with E-state index >= 15 is 0 Å². The van der Waals surface area contributed by atoms with Gasteiger partial charge in [-0.1, -0.05) is 41.2 Å². The van der Waals surface area contributed by atoms with Gasteiger partial charge in [0.2, 0.25) is 0 Å². The Morgan fingerprint density at radius 2 is 2.35 bits per heavy atom. The lowest BCUT2D eigenvalue weighted by molar-refractivity contribution is 0.168. The lowest BCUT2D eigenvalue weighted by Crippen LogP contribution is -2.29. The average Bonchev–Trinajstić information content (AvgIpc) is 2.88. The number of hydrogen-bond acceptors (Lipinski definition) is 5. The molecule has 0 saturated heterocycles. The van der Waals surface area contributed by atoms with Crippen LogP contribution in [0.1, 0.15) is 28.6 Å². The van der Waals surface area contributed by atoms with Gasteiger partial charge in [-0.3, -0.25) is 10.2 Å². The maximum atomic E-state index is 11.5. The number of nitrogens with one attached hydrogen (secondary N) is 1. The smallest absolute Gasteiger partial charge is 0.413 e. The Morgan fingerprint density at radius 3 is 3.13 bits per heavy atom. The van der Waals surface area contributed by atoms with Gasteiger partial charge in [0.25, 0.3) is 0 Å². The fourth-order valence-corrected chi connectivity index (χ4v) is 3.80. The van der Waals surface area contributed by atoms with E-state index in [0.29, 0.717) is 11.7 Å². The third-order valence-electron chi connectivity index (χ3n) is 3.78. The Bertz CT molecular complexity index is 699. The van der Waals surface area contributed by atoms with Gasteiger partial charge in [-0.15, -0.1) is 0 Å². The SMILES string of the molecule is CCOC(=O)Nc1nc2c(s1)CN(Cc1cccc(C)c1)CC2. The van der Waals surface area contributed by atoms with Gasteiger partial charge < -0.3 is 4.74 Å². The predicted molar refractivity (Wildman–Crippen MR) is 91.8 cm³/mol. The molecule has 0 spiro atoms. The molecule has 2 aromatic rings. The first-order valence-electron chi connectivity index (χ1n) is 7.84. The quantitative estimate of drug-likeness (QED) is 0.930. The van der Waals surface area contributed by atoms with Crippen LogP contribution >= 0.6 is 11.3 Å². The molecule has 23 heavy (non-hydrogen) atoms. The van der Waals surface area contributed by atoms with Crippen LogP contribution < -0.4 is 5.32 Å². The molecule has 0 radical (unpaired) electrons. The number of carbonyl (C=O) groups is 1. The highest BCUT2D eigenvalue weighted by Crippen LogP contribution is 2.29. The summed E-state index contributed by atoms with van der Waals surface area (Å²) < 4.78 is 4.90. The Morgan fingerprint density at radius 1 is 1.48 bits per heavy atom. The molecular weight excluding hydrogens is 310 g/mol. The van der Waals surface area contributed by atoms with Crippen LogP contribution in [-0.2, 0) is 24.2 Å². The summed E-state index contributed by atoms with van der Waals surface area (Å²) in [6.45, 7) is 7.08. The molecular formula is C17H21N3O2S. The van der Waals surface area contributed by atoms with Crippen LogP contribution in [-0.4, -0.2) is 29.1 Å². The zero-order valence-corrected chi connectivity index (χ0v) is 14.3. The van der Waals surface area contributed by atoms with Crippen molar-refractivity contribution in [2.24, 2.45) is 0 Å². The number of aryl methyl sites for hydroxylation is 1. The van der Waals surface area contributed by atoms with Gasteiger partial charge in [-0.25, -0.2) is 9.78 Å². The number of carbonyl (C=O) groups excluding carboxylic acids is 1. The van der Waals surface area contributed by atoms with Crippen LogP contribution in [0.2, 0.25) is 0 Å². The number of hydrogen-bond donors (Lipinski definition) is 1. The summed E-state index contributed by atoms with van der Waals surface area (Å²) in [7, 11) is 0. The van der Waals surface area contributed by atoms with E-state index < -0.39 is 6.09 Å². The molecule has 6 heteroatoms. The van der Waals surface area contributed by atoms with E-state index in [1.54, 1.807) is 18.3 Å². The summed E-state index contributed by atoms with van der Waals surface area (Å²) in [5, 5.41) is 3.33. The minimum absolute atomic E-state index is 0.362. The Hall–Kier alpha value is -1.92. The molecule has 1 aliphatic rings. The Kier molecular flexibility index (Phi) is 4.93. The molecule has 1 aromatic carbocycles. The monoisotopic (exact) mass is 331 g/mol. The second-order valence-corrected chi connectivity index (χ2v) is 6.77. The highest BCUT2D eigenvalue weighted by atomic mass is 32.1. The number of rotatable bonds is 4. The van der Waals surface area contributed by atoms with E-state index in [0.717, 1.165) is 31.7 Å². The van der Waals surface area contributed by atoms with Crippen LogP contribution in [0.15, 0.2) is 24.3 Å². The third kappa shape index (κ3) is 4.09. The first kappa shape index (κ1) is 16.0. The molecule has 1 aromatic heterocycles. The Balaban J connectivity index is 1.64. The highest BCUT2D eigenvalue weighted by molar-refractivity contribution is 7.15. The second kappa shape index (κ2) is 7.10. The van der Waals surface area contributed by atoms with Crippen LogP contribution in [0.3, 0.4) is 0 Å². The largest absolute Gasteiger partial charge is 0.450 e. The minimum atomic E-state index is -0.435. The molecule has 0 aliphatic carbocycles. The predicted octanol–water partition coefficient (Wildman–Crippen LogP) is 3.58. The first-order valence-corrected chi connectivity index (χ1v) is 8.66. The van der Waals surface area contributed by atoms with Crippen molar-refractivity contribution in [3.63, 3.8) is 0 Å². The number of aromatic nitrogens is 1. The fraction of sp³-hybridized carbons (Fsp3) is 0.412. The Labute approximate surface area is 140 Å². The van der Waals surface area contributed by atoms with Crippen molar-refractivity contribution in [1.82, 2.24) is 9.88 Å². The van der Waals surface area contributed by atoms with Crippen LogP contribution in [0.5, 0.6) is 0 Å². The third-order valence-corrected chi connectivity index (χ3v) is 4.78. The zero-order chi connectivity index (χ0) is 16.2. The lowest BCUT2D eigenvalue weighted by Gasteiger charge is -2.25. The van der Waals surface area contributed by atoms with Crippen molar-refractivity contribution in [2.75, 3.05) is 18.5 Å². The van der Waals surface area contributed by atoms with Gasteiger partial charge >= 0.3 is 6.09 Å². The summed E-state index contributed by atoms with van der Waals surface area (Å²) in [5.74, 6) is 0. The van der Waals surface area contributed by atoms with E-state index in [2.05, 4.69) is 46.4 Å². The van der Waals surface area contributed by atoms with Crippen molar-refractivity contribution in [3.05, 3.63) is 46.0 Å². The van der Waals surface area contributed by atoms with Crippen molar-refractivity contribution in [2.45, 2.75) is 33.4 Å². The number of anilines is 1. The van der Waals surface area contributed by atoms with Crippen LogP contribution in [0.4, 0.5) is 9.93 Å². The van der Waals surface area contributed by atoms with Crippen molar-refractivity contribution in [1.29, 1.82) is 0 Å². The molecule has 1 amide bonds. The standard InChI is InChI=1S/C17H21N3O2S/c1-3-22-17(21)19-16-18-14-7-8-20(11-15(14)23-16)10-13-6-4-5-12(2)9-13/h4-6,9H,3,7-8,10-11H2,1-2H3,(H,18,19,21). The normalized spacial score (nSPS) is 14.3. The maximum absolute atomic E-state index is 11.5. The molecule has 2 heterocycles. The fourth-order valence-electron chi connectivity index (χ4n) is 2.76. The zero-order valence-electron chi connectivity index (χ0n) is 13.5. The molecule has 0 saturated carbocycles. The number of fused-ring (bicyclic) bond motifs is 1. The van der Waals surface area contributed by atoms with Gasteiger partial charge in [0.1, 0.15) is 0 Å². The molecule has 1 aliphatic heterocycles. The second-order valence-electron chi connectivity index (χ2n) is 5.68. The van der Waals surface area contributed by atoms with Crippen molar-refractivity contribution < 1.29 is 9.53 Å². The van der Waals surface area contributed by atoms with Crippen molar-refractivity contribution in [3.8, 4) is 0 Å². The highest BCUT2D eigenvalue weighted by Gasteiger charge is 2.21. The molecule has 0 unspecified atom stereocenters. The summed E-state index contributed by atoms with van der Waals surface area (Å²) in [6, 6.07) is 8.63. The number of thiazole rings is 1. The number of ether oxygens (including phenoxy) is 1. The molecule has 1 N–H and O–H groups in total. The van der Waals surface area contributed by atoms with Crippen LogP contribution in [0, 0.1) is 6.92 Å². The van der Waals surface area contributed by atoms with Gasteiger partial charge in [0, 0.05) is 30.9 Å². The topological polar surface area (TPSA) is 54.5 Å². The van der Waals surface area contributed by atoms with Gasteiger partial charge in [-0.05, 0) is 19.4 Å².